The van der Waals surface area contributed by atoms with Crippen molar-refractivity contribution in [2.45, 2.75) is 23.5 Å². The highest BCUT2D eigenvalue weighted by molar-refractivity contribution is 9.11. The highest BCUT2D eigenvalue weighted by atomic mass is 79.9. The van der Waals surface area contributed by atoms with Gasteiger partial charge in [-0.05, 0) is 28.1 Å². The van der Waals surface area contributed by atoms with Crippen molar-refractivity contribution in [1.29, 1.82) is 0 Å². The number of aliphatic hydroxyl groups excluding tert-OH is 1. The molecule has 2 rings (SSSR count). The lowest BCUT2D eigenvalue weighted by atomic mass is 10.2. The number of β-amino-alcohol motifs (C(OH)–C–C–N with tert-alkyl or cyclic N) is 1. The van der Waals surface area contributed by atoms with Crippen LogP contribution >= 0.6 is 31.9 Å². The van der Waals surface area contributed by atoms with Gasteiger partial charge in [-0.15, -0.1) is 0 Å². The van der Waals surface area contributed by atoms with E-state index in [1.807, 2.05) is 0 Å². The number of rotatable bonds is 3. The maximum atomic E-state index is 12.7. The molecule has 2 unspecified atom stereocenters. The van der Waals surface area contributed by atoms with Gasteiger partial charge in [0, 0.05) is 21.9 Å². The van der Waals surface area contributed by atoms with E-state index in [-0.39, 0.29) is 28.0 Å². The van der Waals surface area contributed by atoms with E-state index in [0.29, 0.717) is 4.47 Å². The molecule has 0 saturated carbocycles. The largest absolute Gasteiger partial charge is 0.398 e. The van der Waals surface area contributed by atoms with E-state index in [0.717, 1.165) is 4.31 Å². The molecule has 2 atom stereocenters. The molecule has 1 amide bonds. The number of halogens is 2. The second-order valence-electron chi connectivity index (χ2n) is 4.69. The minimum Gasteiger partial charge on any atom is -0.398 e. The molecule has 1 saturated heterocycles. The Morgan fingerprint density at radius 2 is 2.00 bits per heavy atom. The fraction of sp³-hybridized carbons (Fsp3) is 0.364. The topological polar surface area (TPSA) is 127 Å². The number of amides is 1. The van der Waals surface area contributed by atoms with Crippen LogP contribution < -0.4 is 11.5 Å². The number of hydrogen-bond donors (Lipinski definition) is 3. The minimum absolute atomic E-state index is 0.0252. The van der Waals surface area contributed by atoms with Crippen molar-refractivity contribution >= 4 is 53.5 Å². The summed E-state index contributed by atoms with van der Waals surface area (Å²) in [4.78, 5) is 11.3. The Morgan fingerprint density at radius 3 is 2.52 bits per heavy atom. The summed E-state index contributed by atoms with van der Waals surface area (Å²) >= 11 is 6.37. The number of anilines is 1. The number of nitrogen functional groups attached to an aromatic ring is 1. The average Bonchev–Trinajstić information content (AvgIpc) is 2.70. The molecule has 7 nitrogen and oxygen atoms in total. The van der Waals surface area contributed by atoms with Crippen molar-refractivity contribution in [1.82, 2.24) is 4.31 Å². The highest BCUT2D eigenvalue weighted by Crippen LogP contribution is 2.36. The van der Waals surface area contributed by atoms with Crippen LogP contribution in [0.2, 0.25) is 0 Å². The molecular weight excluding hydrogens is 430 g/mol. The van der Waals surface area contributed by atoms with Gasteiger partial charge in [-0.3, -0.25) is 4.79 Å². The van der Waals surface area contributed by atoms with Crippen molar-refractivity contribution < 1.29 is 18.3 Å². The first kappa shape index (κ1) is 16.7. The summed E-state index contributed by atoms with van der Waals surface area (Å²) in [5.41, 5.74) is 11.0. The van der Waals surface area contributed by atoms with Crippen LogP contribution in [0.1, 0.15) is 6.42 Å². The predicted octanol–water partition coefficient (Wildman–Crippen LogP) is 0.403. The summed E-state index contributed by atoms with van der Waals surface area (Å²) in [5, 5.41) is 9.65. The zero-order valence-electron chi connectivity index (χ0n) is 10.7. The van der Waals surface area contributed by atoms with Gasteiger partial charge < -0.3 is 16.6 Å². The number of nitrogens with zero attached hydrogens (tertiary/aromatic N) is 1. The molecule has 10 heteroatoms. The van der Waals surface area contributed by atoms with Crippen LogP contribution in [0.25, 0.3) is 0 Å². The lowest BCUT2D eigenvalue weighted by molar-refractivity contribution is -0.121. The van der Waals surface area contributed by atoms with E-state index >= 15 is 0 Å². The van der Waals surface area contributed by atoms with Gasteiger partial charge in [0.1, 0.15) is 10.9 Å². The second-order valence-corrected chi connectivity index (χ2v) is 8.29. The van der Waals surface area contributed by atoms with Crippen LogP contribution in [0, 0.1) is 0 Å². The van der Waals surface area contributed by atoms with Crippen LogP contribution in [0.15, 0.2) is 26.0 Å². The first-order chi connectivity index (χ1) is 9.64. The van der Waals surface area contributed by atoms with Gasteiger partial charge in [-0.2, -0.15) is 4.31 Å². The van der Waals surface area contributed by atoms with Gasteiger partial charge in [0.05, 0.1) is 11.8 Å². The second kappa shape index (κ2) is 5.84. The van der Waals surface area contributed by atoms with Crippen LogP contribution in [-0.4, -0.2) is 42.4 Å². The van der Waals surface area contributed by atoms with Crippen LogP contribution in [0.3, 0.4) is 0 Å². The molecule has 21 heavy (non-hydrogen) atoms. The van der Waals surface area contributed by atoms with Crippen molar-refractivity contribution in [2.24, 2.45) is 5.73 Å². The van der Waals surface area contributed by atoms with Crippen molar-refractivity contribution in [3.8, 4) is 0 Å². The molecule has 1 aromatic carbocycles. The van der Waals surface area contributed by atoms with E-state index < -0.39 is 28.1 Å². The van der Waals surface area contributed by atoms with Gasteiger partial charge in [0.2, 0.25) is 15.9 Å². The van der Waals surface area contributed by atoms with Gasteiger partial charge in [-0.1, -0.05) is 15.9 Å². The molecule has 0 aromatic heterocycles. The monoisotopic (exact) mass is 441 g/mol. The number of hydrogen-bond acceptors (Lipinski definition) is 5. The standard InChI is InChI=1S/C11H13Br2N3O4S/c12-5-1-7(13)10(8(14)2-5)21(19,20)16-4-6(17)3-9(16)11(15)18/h1-2,6,9,17H,3-4,14H2,(H2,15,18). The minimum atomic E-state index is -4.06. The number of sulfonamides is 1. The highest BCUT2D eigenvalue weighted by Gasteiger charge is 2.43. The van der Waals surface area contributed by atoms with Gasteiger partial charge in [0.15, 0.2) is 0 Å². The Kier molecular flexibility index (Phi) is 4.64. The molecule has 1 aliphatic rings. The molecule has 5 N–H and O–H groups in total. The van der Waals surface area contributed by atoms with Crippen LogP contribution in [0.5, 0.6) is 0 Å². The van der Waals surface area contributed by atoms with E-state index in [1.54, 1.807) is 0 Å². The average molecular weight is 443 g/mol. The van der Waals surface area contributed by atoms with E-state index in [1.165, 1.54) is 12.1 Å². The Morgan fingerprint density at radius 1 is 1.38 bits per heavy atom. The van der Waals surface area contributed by atoms with Gasteiger partial charge in [0.25, 0.3) is 0 Å². The molecule has 0 spiro atoms. The number of carbonyl (C=O) groups excluding carboxylic acids is 1. The summed E-state index contributed by atoms with van der Waals surface area (Å²) in [7, 11) is -4.06. The first-order valence-electron chi connectivity index (χ1n) is 5.88. The van der Waals surface area contributed by atoms with Gasteiger partial charge >= 0.3 is 0 Å². The molecule has 1 heterocycles. The lowest BCUT2D eigenvalue weighted by Gasteiger charge is -2.23. The summed E-state index contributed by atoms with van der Waals surface area (Å²) < 4.78 is 27.2. The summed E-state index contributed by atoms with van der Waals surface area (Å²) in [5.74, 6) is -0.804. The van der Waals surface area contributed by atoms with Crippen molar-refractivity contribution in [3.05, 3.63) is 21.1 Å². The number of aliphatic hydroxyl groups is 1. The fourth-order valence-electron chi connectivity index (χ4n) is 2.28. The SMILES string of the molecule is NC(=O)C1CC(O)CN1S(=O)(=O)c1c(N)cc(Br)cc1Br. The number of nitrogens with two attached hydrogens (primary N) is 2. The van der Waals surface area contributed by atoms with Crippen molar-refractivity contribution in [3.63, 3.8) is 0 Å². The third kappa shape index (κ3) is 3.09. The molecule has 0 aliphatic carbocycles. The fourth-order valence-corrected chi connectivity index (χ4v) is 5.94. The molecule has 116 valence electrons. The zero-order chi connectivity index (χ0) is 15.9. The molecule has 1 aliphatic heterocycles. The van der Waals surface area contributed by atoms with Crippen LogP contribution in [-0.2, 0) is 14.8 Å². The summed E-state index contributed by atoms with van der Waals surface area (Å²) in [6.45, 7) is -0.197. The lowest BCUT2D eigenvalue weighted by Crippen LogP contribution is -2.43. The van der Waals surface area contributed by atoms with Gasteiger partial charge in [-0.25, -0.2) is 8.42 Å². The van der Waals surface area contributed by atoms with E-state index in [4.69, 9.17) is 11.5 Å². The molecule has 0 bridgehead atoms. The number of benzene rings is 1. The Hall–Kier alpha value is -0.680. The quantitative estimate of drug-likeness (QED) is 0.584. The third-order valence-corrected chi connectivity index (χ3v) is 6.50. The van der Waals surface area contributed by atoms with Crippen LogP contribution in [0.4, 0.5) is 5.69 Å². The first-order valence-corrected chi connectivity index (χ1v) is 8.91. The molecule has 1 fully saturated rings. The van der Waals surface area contributed by atoms with E-state index in [9.17, 15) is 18.3 Å². The summed E-state index contributed by atoms with van der Waals surface area (Å²) in [6.07, 6.45) is -0.962. The Labute approximate surface area is 138 Å². The third-order valence-electron chi connectivity index (χ3n) is 3.17. The number of carbonyl (C=O) groups is 1. The maximum absolute atomic E-state index is 12.7. The summed E-state index contributed by atoms with van der Waals surface area (Å²) in [6, 6.07) is 1.90. The van der Waals surface area contributed by atoms with Crippen molar-refractivity contribution in [2.75, 3.05) is 12.3 Å². The smallest absolute Gasteiger partial charge is 0.247 e. The molecule has 1 aromatic rings. The number of primary amides is 1. The van der Waals surface area contributed by atoms with E-state index in [2.05, 4.69) is 31.9 Å². The normalized spacial score (nSPS) is 23.4. The Bertz CT molecular complexity index is 672. The maximum Gasteiger partial charge on any atom is 0.247 e. The zero-order valence-corrected chi connectivity index (χ0v) is 14.7. The Balaban J connectivity index is 2.55. The molecular formula is C11H13Br2N3O4S. The molecule has 0 radical (unpaired) electrons. The predicted molar refractivity (Wildman–Crippen MR) is 83.8 cm³/mol.